The van der Waals surface area contributed by atoms with Crippen LogP contribution < -0.4 is 0 Å². The highest BCUT2D eigenvalue weighted by Gasteiger charge is 1.82. The van der Waals surface area contributed by atoms with Gasteiger partial charge >= 0.3 is 0 Å². The van der Waals surface area contributed by atoms with Crippen molar-refractivity contribution < 1.29 is 0 Å². The maximum absolute atomic E-state index is 5.36. The second-order valence-corrected chi connectivity index (χ2v) is 3.12. The molecule has 0 fully saturated rings. The van der Waals surface area contributed by atoms with Crippen molar-refractivity contribution in [2.75, 3.05) is 0 Å². The highest BCUT2D eigenvalue weighted by molar-refractivity contribution is 6.55. The van der Waals surface area contributed by atoms with Crippen molar-refractivity contribution in [2.45, 2.75) is 0 Å². The van der Waals surface area contributed by atoms with E-state index >= 15 is 0 Å². The first-order valence-electron chi connectivity index (χ1n) is 3.38. The Morgan fingerprint density at radius 1 is 1.17 bits per heavy atom. The topological polar surface area (TPSA) is 12.4 Å². The average molecular weight is 200 g/mol. The number of nitrogens with zero attached hydrogens (tertiary/aromatic N) is 1. The Hall–Kier alpha value is -0.790. The van der Waals surface area contributed by atoms with Crippen molar-refractivity contribution in [1.82, 2.24) is 0 Å². The summed E-state index contributed by atoms with van der Waals surface area (Å²) in [5.41, 5.74) is 1.02. The molecule has 1 rings (SSSR count). The summed E-state index contributed by atoms with van der Waals surface area (Å²) < 4.78 is 0.155. The van der Waals surface area contributed by atoms with Crippen molar-refractivity contribution in [1.29, 1.82) is 0 Å². The van der Waals surface area contributed by atoms with Gasteiger partial charge in [-0.05, 0) is 5.56 Å². The first-order valence-corrected chi connectivity index (χ1v) is 4.14. The molecule has 12 heavy (non-hydrogen) atoms. The van der Waals surface area contributed by atoms with Crippen LogP contribution in [0.1, 0.15) is 5.56 Å². The van der Waals surface area contributed by atoms with E-state index in [2.05, 4.69) is 4.99 Å². The van der Waals surface area contributed by atoms with Crippen LogP contribution in [-0.2, 0) is 0 Å². The minimum absolute atomic E-state index is 0.155. The molecule has 1 aromatic rings. The Kier molecular flexibility index (Phi) is 3.85. The van der Waals surface area contributed by atoms with Gasteiger partial charge in [0.1, 0.15) is 4.49 Å². The van der Waals surface area contributed by atoms with Crippen LogP contribution in [0.2, 0.25) is 0 Å². The molecular weight excluding hydrogens is 193 g/mol. The van der Waals surface area contributed by atoms with Crippen LogP contribution in [-0.4, -0.2) is 6.21 Å². The van der Waals surface area contributed by atoms with Gasteiger partial charge in [0, 0.05) is 6.21 Å². The Morgan fingerprint density at radius 2 is 1.83 bits per heavy atom. The molecule has 0 radical (unpaired) electrons. The maximum Gasteiger partial charge on any atom is 0.125 e. The van der Waals surface area contributed by atoms with Crippen LogP contribution in [0.15, 0.2) is 46.0 Å². The van der Waals surface area contributed by atoms with E-state index in [1.54, 1.807) is 6.21 Å². The van der Waals surface area contributed by atoms with E-state index in [4.69, 9.17) is 23.2 Å². The van der Waals surface area contributed by atoms with Gasteiger partial charge in [0.05, 0.1) is 6.20 Å². The van der Waals surface area contributed by atoms with Crippen molar-refractivity contribution in [3.8, 4) is 0 Å². The van der Waals surface area contributed by atoms with Crippen LogP contribution in [0, 0.1) is 0 Å². The van der Waals surface area contributed by atoms with Crippen LogP contribution in [0.4, 0.5) is 0 Å². The predicted octanol–water partition coefficient (Wildman–Crippen LogP) is 3.38. The number of rotatable bonds is 2. The van der Waals surface area contributed by atoms with Gasteiger partial charge in [-0.15, -0.1) is 0 Å². The quantitative estimate of drug-likeness (QED) is 0.649. The predicted molar refractivity (Wildman–Crippen MR) is 53.8 cm³/mol. The fourth-order valence-electron chi connectivity index (χ4n) is 0.719. The Labute approximate surface area is 81.3 Å². The second-order valence-electron chi connectivity index (χ2n) is 2.11. The third-order valence-electron chi connectivity index (χ3n) is 1.20. The fourth-order valence-corrected chi connectivity index (χ4v) is 0.831. The average Bonchev–Trinajstić information content (AvgIpc) is 2.05. The molecule has 0 unspecified atom stereocenters. The number of aliphatic imine (C=N–C) groups is 1. The van der Waals surface area contributed by atoms with E-state index in [1.807, 2.05) is 30.3 Å². The summed E-state index contributed by atoms with van der Waals surface area (Å²) in [5, 5.41) is 0. The first-order chi connectivity index (χ1) is 5.79. The first kappa shape index (κ1) is 9.30. The molecule has 0 spiro atoms. The molecular formula is C9H7Cl2N. The standard InChI is InChI=1S/C9H7Cl2N/c10-9(11)7-12-6-8-4-2-1-3-5-8/h1-7H. The minimum atomic E-state index is 0.155. The highest BCUT2D eigenvalue weighted by Crippen LogP contribution is 2.05. The van der Waals surface area contributed by atoms with Crippen molar-refractivity contribution in [2.24, 2.45) is 4.99 Å². The molecule has 0 aliphatic carbocycles. The van der Waals surface area contributed by atoms with Gasteiger partial charge in [-0.3, -0.25) is 4.99 Å². The van der Waals surface area contributed by atoms with Crippen LogP contribution >= 0.6 is 23.2 Å². The molecule has 0 N–H and O–H groups in total. The molecule has 0 aliphatic rings. The second kappa shape index (κ2) is 4.96. The molecule has 0 bridgehead atoms. The zero-order valence-electron chi connectivity index (χ0n) is 6.24. The van der Waals surface area contributed by atoms with E-state index in [0.29, 0.717) is 0 Å². The van der Waals surface area contributed by atoms with Gasteiger partial charge in [0.15, 0.2) is 0 Å². The lowest BCUT2D eigenvalue weighted by Crippen LogP contribution is -1.76. The number of benzene rings is 1. The molecule has 0 atom stereocenters. The maximum atomic E-state index is 5.36. The van der Waals surface area contributed by atoms with Gasteiger partial charge < -0.3 is 0 Å². The van der Waals surface area contributed by atoms with E-state index in [-0.39, 0.29) is 4.49 Å². The van der Waals surface area contributed by atoms with Gasteiger partial charge in [0.25, 0.3) is 0 Å². The monoisotopic (exact) mass is 199 g/mol. The van der Waals surface area contributed by atoms with Crippen molar-refractivity contribution >= 4 is 29.4 Å². The smallest absolute Gasteiger partial charge is 0.125 e. The van der Waals surface area contributed by atoms with Gasteiger partial charge in [0.2, 0.25) is 0 Å². The normalized spacial score (nSPS) is 10.2. The largest absolute Gasteiger partial charge is 0.262 e. The summed E-state index contributed by atoms with van der Waals surface area (Å²) in [7, 11) is 0. The van der Waals surface area contributed by atoms with Crippen LogP contribution in [0.5, 0.6) is 0 Å². The molecule has 62 valence electrons. The third-order valence-corrected chi connectivity index (χ3v) is 1.39. The molecule has 0 aromatic heterocycles. The summed E-state index contributed by atoms with van der Waals surface area (Å²) in [5.74, 6) is 0. The lowest BCUT2D eigenvalue weighted by Gasteiger charge is -1.87. The van der Waals surface area contributed by atoms with Crippen LogP contribution in [0.25, 0.3) is 0 Å². The fraction of sp³-hybridized carbons (Fsp3) is 0. The number of hydrogen-bond donors (Lipinski definition) is 0. The minimum Gasteiger partial charge on any atom is -0.262 e. The Morgan fingerprint density at radius 3 is 2.42 bits per heavy atom. The molecule has 1 aromatic carbocycles. The van der Waals surface area contributed by atoms with E-state index in [0.717, 1.165) is 5.56 Å². The summed E-state index contributed by atoms with van der Waals surface area (Å²) >= 11 is 10.7. The summed E-state index contributed by atoms with van der Waals surface area (Å²) in [6.07, 6.45) is 3.07. The van der Waals surface area contributed by atoms with Crippen LogP contribution in [0.3, 0.4) is 0 Å². The van der Waals surface area contributed by atoms with E-state index in [1.165, 1.54) is 6.20 Å². The molecule has 3 heteroatoms. The molecule has 1 nitrogen and oxygen atoms in total. The molecule has 0 aliphatic heterocycles. The number of hydrogen-bond acceptors (Lipinski definition) is 1. The highest BCUT2D eigenvalue weighted by atomic mass is 35.5. The van der Waals surface area contributed by atoms with Crippen molar-refractivity contribution in [3.63, 3.8) is 0 Å². The third kappa shape index (κ3) is 3.56. The summed E-state index contributed by atoms with van der Waals surface area (Å²) in [4.78, 5) is 3.89. The molecule has 0 heterocycles. The Balaban J connectivity index is 2.64. The molecule has 0 saturated heterocycles. The lowest BCUT2D eigenvalue weighted by molar-refractivity contribution is 1.57. The van der Waals surface area contributed by atoms with Gasteiger partial charge in [-0.25, -0.2) is 0 Å². The zero-order valence-corrected chi connectivity index (χ0v) is 7.76. The zero-order chi connectivity index (χ0) is 8.81. The lowest BCUT2D eigenvalue weighted by atomic mass is 10.2. The molecule has 0 saturated carbocycles. The Bertz CT molecular complexity index is 287. The van der Waals surface area contributed by atoms with E-state index < -0.39 is 0 Å². The molecule has 0 amide bonds. The van der Waals surface area contributed by atoms with Gasteiger partial charge in [-0.1, -0.05) is 53.5 Å². The van der Waals surface area contributed by atoms with E-state index in [9.17, 15) is 0 Å². The van der Waals surface area contributed by atoms with Crippen molar-refractivity contribution in [3.05, 3.63) is 46.6 Å². The SMILES string of the molecule is ClC(Cl)=CN=Cc1ccccc1. The van der Waals surface area contributed by atoms with Gasteiger partial charge in [-0.2, -0.15) is 0 Å². The summed E-state index contributed by atoms with van der Waals surface area (Å²) in [6.45, 7) is 0. The summed E-state index contributed by atoms with van der Waals surface area (Å²) in [6, 6.07) is 9.71. The number of halogens is 2.